The fraction of sp³-hybridized carbons (Fsp3) is 0.364. The fourth-order valence-electron chi connectivity index (χ4n) is 3.57. The van der Waals surface area contributed by atoms with Gasteiger partial charge in [0.2, 0.25) is 0 Å². The van der Waals surface area contributed by atoms with E-state index in [-0.39, 0.29) is 23.7 Å². The molecule has 0 saturated heterocycles. The predicted octanol–water partition coefficient (Wildman–Crippen LogP) is 3.82. The molecule has 14 heteroatoms. The lowest BCUT2D eigenvalue weighted by Gasteiger charge is -2.24. The maximum Gasteiger partial charge on any atom is 0.419 e. The smallest absolute Gasteiger partial charge is 0.372 e. The van der Waals surface area contributed by atoms with Crippen molar-refractivity contribution in [2.45, 2.75) is 13.1 Å². The molecule has 0 aliphatic rings. The van der Waals surface area contributed by atoms with Crippen LogP contribution in [0.4, 0.5) is 33.7 Å². The summed E-state index contributed by atoms with van der Waals surface area (Å²) in [5, 5.41) is 9.23. The molecule has 196 valence electrons. The summed E-state index contributed by atoms with van der Waals surface area (Å²) in [6.07, 6.45) is -3.63. The summed E-state index contributed by atoms with van der Waals surface area (Å²) in [6.45, 7) is 2.99. The van der Waals surface area contributed by atoms with Crippen molar-refractivity contribution < 1.29 is 27.2 Å². The van der Waals surface area contributed by atoms with Crippen LogP contribution in [0.2, 0.25) is 0 Å². The van der Waals surface area contributed by atoms with E-state index in [9.17, 15) is 27.2 Å². The van der Waals surface area contributed by atoms with Crippen LogP contribution in [0.5, 0.6) is 0 Å². The topological polar surface area (TPSA) is 95.4 Å². The number of hydrogen-bond acceptors (Lipinski definition) is 6. The van der Waals surface area contributed by atoms with Gasteiger partial charge >= 0.3 is 12.2 Å². The highest BCUT2D eigenvalue weighted by atomic mass is 35.5. The number of anilines is 2. The van der Waals surface area contributed by atoms with Crippen LogP contribution < -0.4 is 15.5 Å². The monoisotopic (exact) mass is 531 g/mol. The summed E-state index contributed by atoms with van der Waals surface area (Å²) in [7, 11) is 7.32. The van der Waals surface area contributed by atoms with Crippen LogP contribution in [0.1, 0.15) is 21.6 Å². The van der Waals surface area contributed by atoms with Gasteiger partial charge in [0.05, 0.1) is 27.9 Å². The largest absolute Gasteiger partial charge is 0.419 e. The van der Waals surface area contributed by atoms with Gasteiger partial charge in [-0.15, -0.1) is 12.4 Å². The van der Waals surface area contributed by atoms with Crippen LogP contribution in [-0.2, 0) is 13.2 Å². The number of nitrogens with zero attached hydrogens (tertiary/aromatic N) is 5. The third kappa shape index (κ3) is 6.21. The number of likely N-dealkylation sites (N-methyl/N-ethyl adjacent to an activating group) is 2. The number of aryl methyl sites for hydroxylation is 2. The Kier molecular flexibility index (Phi) is 8.86. The highest BCUT2D eigenvalue weighted by Gasteiger charge is 2.34. The van der Waals surface area contributed by atoms with Crippen LogP contribution in [0, 0.1) is 12.7 Å². The van der Waals surface area contributed by atoms with Crippen molar-refractivity contribution in [2.24, 2.45) is 7.05 Å². The van der Waals surface area contributed by atoms with Gasteiger partial charge in [-0.3, -0.25) is 14.8 Å². The number of fused-ring (bicyclic) bond motifs is 1. The molecule has 1 aromatic carbocycles. The van der Waals surface area contributed by atoms with Crippen molar-refractivity contribution in [3.05, 3.63) is 47.0 Å². The molecule has 0 unspecified atom stereocenters. The lowest BCUT2D eigenvalue weighted by molar-refractivity contribution is -0.139. The molecule has 0 spiro atoms. The number of carbonyl (C=O) groups is 2. The number of alkyl halides is 3. The molecule has 3 rings (SSSR count). The van der Waals surface area contributed by atoms with Crippen LogP contribution in [0.15, 0.2) is 24.4 Å². The minimum atomic E-state index is -4.94. The highest BCUT2D eigenvalue weighted by Crippen LogP contribution is 2.33. The number of halogens is 5. The number of amides is 3. The fourth-order valence-corrected chi connectivity index (χ4v) is 3.57. The molecule has 0 aliphatic carbocycles. The number of benzene rings is 1. The molecule has 0 fully saturated rings. The molecule has 0 atom stereocenters. The standard InChI is InChI=1S/C22H25F4N7O2.ClH/c1-12-17-18(32(4)9-8-31(2)3)14(11-27-19(17)33(5)30-12)20(34)29-21(35)28-13-6-7-16(23)15(10-13)22(24,25)26;/h6-7,10-11H,8-9H2,1-5H3,(H2,28,29,34,35);1H. The maximum atomic E-state index is 13.5. The Bertz CT molecular complexity index is 1280. The van der Waals surface area contributed by atoms with E-state index in [2.05, 4.69) is 20.7 Å². The Morgan fingerprint density at radius 1 is 1.14 bits per heavy atom. The molecule has 3 aromatic rings. The maximum absolute atomic E-state index is 13.5. The third-order valence-corrected chi connectivity index (χ3v) is 5.27. The summed E-state index contributed by atoms with van der Waals surface area (Å²) in [5.41, 5.74) is -0.0980. The van der Waals surface area contributed by atoms with Crippen molar-refractivity contribution in [3.63, 3.8) is 0 Å². The van der Waals surface area contributed by atoms with Crippen LogP contribution in [0.3, 0.4) is 0 Å². The molecule has 0 saturated carbocycles. The van der Waals surface area contributed by atoms with Crippen LogP contribution in [-0.4, -0.2) is 65.8 Å². The SMILES string of the molecule is Cc1nn(C)c2ncc(C(=O)NC(=O)Nc3ccc(F)c(C(F)(F)F)c3)c(N(C)CCN(C)C)c12.Cl. The molecule has 36 heavy (non-hydrogen) atoms. The number of carbonyl (C=O) groups excluding carboxylic acids is 2. The van der Waals surface area contributed by atoms with Crippen molar-refractivity contribution >= 4 is 46.8 Å². The number of urea groups is 1. The van der Waals surface area contributed by atoms with E-state index in [4.69, 9.17) is 0 Å². The van der Waals surface area contributed by atoms with E-state index in [1.807, 2.05) is 23.9 Å². The normalized spacial score (nSPS) is 11.4. The second-order valence-corrected chi connectivity index (χ2v) is 8.25. The first-order chi connectivity index (χ1) is 16.3. The quantitative estimate of drug-likeness (QED) is 0.470. The zero-order valence-corrected chi connectivity index (χ0v) is 21.0. The second-order valence-electron chi connectivity index (χ2n) is 8.25. The molecule has 9 nitrogen and oxygen atoms in total. The first-order valence-corrected chi connectivity index (χ1v) is 10.5. The van der Waals surface area contributed by atoms with Crippen molar-refractivity contribution in [1.82, 2.24) is 25.0 Å². The van der Waals surface area contributed by atoms with E-state index in [1.165, 1.54) is 6.20 Å². The summed E-state index contributed by atoms with van der Waals surface area (Å²) in [5.74, 6) is -2.29. The van der Waals surface area contributed by atoms with Gasteiger partial charge < -0.3 is 15.1 Å². The van der Waals surface area contributed by atoms with Gasteiger partial charge in [-0.05, 0) is 39.2 Å². The summed E-state index contributed by atoms with van der Waals surface area (Å²) < 4.78 is 53.9. The first kappa shape index (κ1) is 28.8. The Hall–Kier alpha value is -3.45. The molecule has 0 bridgehead atoms. The van der Waals surface area contributed by atoms with Gasteiger partial charge in [0.15, 0.2) is 5.65 Å². The first-order valence-electron chi connectivity index (χ1n) is 10.5. The molecular weight excluding hydrogens is 506 g/mol. The van der Waals surface area contributed by atoms with Crippen molar-refractivity contribution in [1.29, 1.82) is 0 Å². The van der Waals surface area contributed by atoms with Crippen LogP contribution >= 0.6 is 12.4 Å². The highest BCUT2D eigenvalue weighted by molar-refractivity contribution is 6.13. The Balaban J connectivity index is 0.00000456. The Morgan fingerprint density at radius 3 is 2.42 bits per heavy atom. The zero-order chi connectivity index (χ0) is 26.1. The van der Waals surface area contributed by atoms with Crippen molar-refractivity contribution in [3.8, 4) is 0 Å². The van der Waals surface area contributed by atoms with E-state index >= 15 is 0 Å². The lowest BCUT2D eigenvalue weighted by atomic mass is 10.1. The molecule has 0 radical (unpaired) electrons. The predicted molar refractivity (Wildman–Crippen MR) is 130 cm³/mol. The van der Waals surface area contributed by atoms with Gasteiger partial charge in [-0.2, -0.15) is 18.3 Å². The molecule has 3 amide bonds. The van der Waals surface area contributed by atoms with Gasteiger partial charge in [0.1, 0.15) is 5.82 Å². The number of pyridine rings is 1. The number of imide groups is 1. The molecule has 2 N–H and O–H groups in total. The van der Waals surface area contributed by atoms with Gasteiger partial charge in [0.25, 0.3) is 5.91 Å². The van der Waals surface area contributed by atoms with Gasteiger partial charge in [0, 0.05) is 39.1 Å². The second kappa shape index (κ2) is 11.1. The van der Waals surface area contributed by atoms with Gasteiger partial charge in [-0.25, -0.2) is 14.2 Å². The molecule has 2 aromatic heterocycles. The Morgan fingerprint density at radius 2 is 1.81 bits per heavy atom. The molecule has 0 aliphatic heterocycles. The Labute approximate surface area is 210 Å². The summed E-state index contributed by atoms with van der Waals surface area (Å²) >= 11 is 0. The van der Waals surface area contributed by atoms with Gasteiger partial charge in [-0.1, -0.05) is 0 Å². The van der Waals surface area contributed by atoms with E-state index in [1.54, 1.807) is 25.7 Å². The number of hydrogen-bond donors (Lipinski definition) is 2. The summed E-state index contributed by atoms with van der Waals surface area (Å²) in [4.78, 5) is 33.6. The zero-order valence-electron chi connectivity index (χ0n) is 20.2. The van der Waals surface area contributed by atoms with Crippen LogP contribution in [0.25, 0.3) is 11.0 Å². The summed E-state index contributed by atoms with van der Waals surface area (Å²) in [6, 6.07) is 0.912. The molecule has 2 heterocycles. The lowest BCUT2D eigenvalue weighted by Crippen LogP contribution is -2.36. The number of aromatic nitrogens is 3. The van der Waals surface area contributed by atoms with E-state index in [0.29, 0.717) is 47.6 Å². The van der Waals surface area contributed by atoms with E-state index < -0.39 is 29.5 Å². The minimum Gasteiger partial charge on any atom is -0.372 e. The molecular formula is C22H26ClF4N7O2. The van der Waals surface area contributed by atoms with Crippen molar-refractivity contribution in [2.75, 3.05) is 44.4 Å². The average molecular weight is 532 g/mol. The van der Waals surface area contributed by atoms with E-state index in [0.717, 1.165) is 6.07 Å². The number of rotatable bonds is 6. The average Bonchev–Trinajstić information content (AvgIpc) is 3.05. The number of nitrogens with one attached hydrogen (secondary N) is 2. The third-order valence-electron chi connectivity index (χ3n) is 5.27. The minimum absolute atomic E-state index is 0.